The number of benzene rings is 1. The highest BCUT2D eigenvalue weighted by molar-refractivity contribution is 5.76. The molecule has 0 aromatic heterocycles. The van der Waals surface area contributed by atoms with E-state index >= 15 is 0 Å². The monoisotopic (exact) mass is 316 g/mol. The van der Waals surface area contributed by atoms with Gasteiger partial charge in [-0.25, -0.2) is 0 Å². The minimum absolute atomic E-state index is 0.124. The SMILES string of the molecule is CCc1ccc(CCC(=O)NCC2CCN(C(C)=O)CC2)cc1. The number of hydrogen-bond acceptors (Lipinski definition) is 2. The normalized spacial score (nSPS) is 15.5. The zero-order valence-corrected chi connectivity index (χ0v) is 14.3. The van der Waals surface area contributed by atoms with Gasteiger partial charge in [0.05, 0.1) is 0 Å². The average Bonchev–Trinajstić information content (AvgIpc) is 2.59. The van der Waals surface area contributed by atoms with E-state index in [0.717, 1.165) is 45.3 Å². The van der Waals surface area contributed by atoms with Gasteiger partial charge < -0.3 is 10.2 Å². The first kappa shape index (κ1) is 17.5. The van der Waals surface area contributed by atoms with Gasteiger partial charge in [-0.15, -0.1) is 0 Å². The van der Waals surface area contributed by atoms with Crippen LogP contribution in [-0.4, -0.2) is 36.3 Å². The second-order valence-corrected chi connectivity index (χ2v) is 6.42. The van der Waals surface area contributed by atoms with E-state index in [1.165, 1.54) is 11.1 Å². The Bertz CT molecular complexity index is 517. The number of aryl methyl sites for hydroxylation is 2. The molecule has 4 nitrogen and oxygen atoms in total. The Morgan fingerprint density at radius 1 is 1.13 bits per heavy atom. The number of carbonyl (C=O) groups excluding carboxylic acids is 2. The maximum atomic E-state index is 12.0. The Hall–Kier alpha value is -1.84. The van der Waals surface area contributed by atoms with Crippen LogP contribution in [0.5, 0.6) is 0 Å². The maximum Gasteiger partial charge on any atom is 0.220 e. The lowest BCUT2D eigenvalue weighted by atomic mass is 9.96. The minimum atomic E-state index is 0.124. The van der Waals surface area contributed by atoms with E-state index in [9.17, 15) is 9.59 Å². The number of hydrogen-bond donors (Lipinski definition) is 1. The third-order valence-electron chi connectivity index (χ3n) is 4.72. The number of nitrogens with one attached hydrogen (secondary N) is 1. The van der Waals surface area contributed by atoms with Gasteiger partial charge in [-0.3, -0.25) is 9.59 Å². The fourth-order valence-electron chi connectivity index (χ4n) is 3.00. The third kappa shape index (κ3) is 5.70. The first-order valence-corrected chi connectivity index (χ1v) is 8.68. The van der Waals surface area contributed by atoms with Gasteiger partial charge in [-0.05, 0) is 42.7 Å². The molecular weight excluding hydrogens is 288 g/mol. The quantitative estimate of drug-likeness (QED) is 0.877. The van der Waals surface area contributed by atoms with Crippen LogP contribution in [0.4, 0.5) is 0 Å². The van der Waals surface area contributed by atoms with Gasteiger partial charge in [0.2, 0.25) is 11.8 Å². The van der Waals surface area contributed by atoms with E-state index in [-0.39, 0.29) is 11.8 Å². The van der Waals surface area contributed by atoms with Crippen molar-refractivity contribution in [2.75, 3.05) is 19.6 Å². The molecule has 4 heteroatoms. The van der Waals surface area contributed by atoms with Crippen molar-refractivity contribution in [3.63, 3.8) is 0 Å². The molecule has 0 unspecified atom stereocenters. The molecule has 1 heterocycles. The zero-order valence-electron chi connectivity index (χ0n) is 14.3. The molecule has 0 spiro atoms. The molecule has 1 fully saturated rings. The molecule has 1 aromatic rings. The van der Waals surface area contributed by atoms with E-state index < -0.39 is 0 Å². The first-order valence-electron chi connectivity index (χ1n) is 8.68. The average molecular weight is 316 g/mol. The molecule has 1 N–H and O–H groups in total. The molecule has 23 heavy (non-hydrogen) atoms. The van der Waals surface area contributed by atoms with Crippen molar-refractivity contribution in [3.05, 3.63) is 35.4 Å². The lowest BCUT2D eigenvalue weighted by Gasteiger charge is -2.31. The van der Waals surface area contributed by atoms with Crippen molar-refractivity contribution in [1.82, 2.24) is 10.2 Å². The molecular formula is C19H28N2O2. The third-order valence-corrected chi connectivity index (χ3v) is 4.72. The highest BCUT2D eigenvalue weighted by Crippen LogP contribution is 2.16. The molecule has 0 bridgehead atoms. The molecule has 2 rings (SSSR count). The second kappa shape index (κ2) is 8.70. The molecule has 1 aromatic carbocycles. The summed E-state index contributed by atoms with van der Waals surface area (Å²) >= 11 is 0. The lowest BCUT2D eigenvalue weighted by Crippen LogP contribution is -2.40. The van der Waals surface area contributed by atoms with E-state index in [1.807, 2.05) is 4.90 Å². The van der Waals surface area contributed by atoms with Crippen molar-refractivity contribution in [2.24, 2.45) is 5.92 Å². The van der Waals surface area contributed by atoms with Crippen LogP contribution in [0.1, 0.15) is 44.2 Å². The van der Waals surface area contributed by atoms with E-state index in [2.05, 4.69) is 36.5 Å². The largest absolute Gasteiger partial charge is 0.356 e. The smallest absolute Gasteiger partial charge is 0.220 e. The van der Waals surface area contributed by atoms with Crippen LogP contribution in [0.25, 0.3) is 0 Å². The van der Waals surface area contributed by atoms with Crippen molar-refractivity contribution in [1.29, 1.82) is 0 Å². The summed E-state index contributed by atoms with van der Waals surface area (Å²) in [5.74, 6) is 0.776. The van der Waals surface area contributed by atoms with Crippen molar-refractivity contribution < 1.29 is 9.59 Å². The Labute approximate surface area is 139 Å². The first-order chi connectivity index (χ1) is 11.1. The Morgan fingerprint density at radius 2 is 1.74 bits per heavy atom. The van der Waals surface area contributed by atoms with Gasteiger partial charge in [0.25, 0.3) is 0 Å². The van der Waals surface area contributed by atoms with Crippen LogP contribution >= 0.6 is 0 Å². The lowest BCUT2D eigenvalue weighted by molar-refractivity contribution is -0.130. The summed E-state index contributed by atoms with van der Waals surface area (Å²) in [5, 5.41) is 3.05. The van der Waals surface area contributed by atoms with Crippen molar-refractivity contribution in [2.45, 2.75) is 46.0 Å². The number of likely N-dealkylation sites (tertiary alicyclic amines) is 1. The van der Waals surface area contributed by atoms with E-state index in [1.54, 1.807) is 6.92 Å². The molecule has 0 saturated carbocycles. The zero-order chi connectivity index (χ0) is 16.7. The van der Waals surface area contributed by atoms with Crippen molar-refractivity contribution in [3.8, 4) is 0 Å². The Kier molecular flexibility index (Phi) is 6.63. The highest BCUT2D eigenvalue weighted by Gasteiger charge is 2.20. The molecule has 0 radical (unpaired) electrons. The van der Waals surface area contributed by atoms with Crippen LogP contribution in [0.15, 0.2) is 24.3 Å². The summed E-state index contributed by atoms with van der Waals surface area (Å²) in [5.41, 5.74) is 2.54. The van der Waals surface area contributed by atoms with Gasteiger partial charge in [-0.1, -0.05) is 31.2 Å². The second-order valence-electron chi connectivity index (χ2n) is 6.42. The maximum absolute atomic E-state index is 12.0. The van der Waals surface area contributed by atoms with E-state index in [0.29, 0.717) is 12.3 Å². The molecule has 1 saturated heterocycles. The van der Waals surface area contributed by atoms with Crippen LogP contribution in [0.3, 0.4) is 0 Å². The number of carbonyl (C=O) groups is 2. The van der Waals surface area contributed by atoms with Gasteiger partial charge in [0, 0.05) is 33.0 Å². The molecule has 1 aliphatic rings. The number of piperidine rings is 1. The number of rotatable bonds is 6. The van der Waals surface area contributed by atoms with Gasteiger partial charge in [0.15, 0.2) is 0 Å². The van der Waals surface area contributed by atoms with Gasteiger partial charge >= 0.3 is 0 Å². The summed E-state index contributed by atoms with van der Waals surface area (Å²) in [6.45, 7) is 6.14. The molecule has 126 valence electrons. The number of nitrogens with zero attached hydrogens (tertiary/aromatic N) is 1. The van der Waals surface area contributed by atoms with Crippen LogP contribution in [-0.2, 0) is 22.4 Å². The summed E-state index contributed by atoms with van der Waals surface area (Å²) in [7, 11) is 0. The highest BCUT2D eigenvalue weighted by atomic mass is 16.2. The molecule has 0 aliphatic carbocycles. The fourth-order valence-corrected chi connectivity index (χ4v) is 3.00. The van der Waals surface area contributed by atoms with Gasteiger partial charge in [-0.2, -0.15) is 0 Å². The Balaban J connectivity index is 1.64. The summed E-state index contributed by atoms with van der Waals surface area (Å²) in [4.78, 5) is 25.2. The van der Waals surface area contributed by atoms with Gasteiger partial charge in [0.1, 0.15) is 0 Å². The van der Waals surface area contributed by atoms with Crippen LogP contribution in [0.2, 0.25) is 0 Å². The Morgan fingerprint density at radius 3 is 2.30 bits per heavy atom. The van der Waals surface area contributed by atoms with E-state index in [4.69, 9.17) is 0 Å². The minimum Gasteiger partial charge on any atom is -0.356 e. The van der Waals surface area contributed by atoms with Crippen LogP contribution < -0.4 is 5.32 Å². The predicted octanol–water partition coefficient (Wildman–Crippen LogP) is 2.56. The standard InChI is InChI=1S/C19H28N2O2/c1-3-16-4-6-17(7-5-16)8-9-19(23)20-14-18-10-12-21(13-11-18)15(2)22/h4-7,18H,3,8-14H2,1-2H3,(H,20,23). The molecule has 2 amide bonds. The predicted molar refractivity (Wildman–Crippen MR) is 92.1 cm³/mol. The fraction of sp³-hybridized carbons (Fsp3) is 0.579. The molecule has 1 aliphatic heterocycles. The molecule has 0 atom stereocenters. The summed E-state index contributed by atoms with van der Waals surface area (Å²) < 4.78 is 0. The topological polar surface area (TPSA) is 49.4 Å². The summed E-state index contributed by atoms with van der Waals surface area (Å²) in [6.07, 6.45) is 4.34. The number of amides is 2. The van der Waals surface area contributed by atoms with Crippen molar-refractivity contribution >= 4 is 11.8 Å². The summed E-state index contributed by atoms with van der Waals surface area (Å²) in [6, 6.07) is 8.50. The van der Waals surface area contributed by atoms with Crippen LogP contribution in [0, 0.1) is 5.92 Å².